The molecule has 4 aromatic rings. The van der Waals surface area contributed by atoms with E-state index in [4.69, 9.17) is 9.47 Å². The van der Waals surface area contributed by atoms with Crippen molar-refractivity contribution in [2.75, 3.05) is 0 Å². The summed E-state index contributed by atoms with van der Waals surface area (Å²) in [5.74, 6) is 0. The molecule has 8 nitrogen and oxygen atoms in total. The Bertz CT molecular complexity index is 1110. The topological polar surface area (TPSA) is 79.9 Å². The number of hydrogen-bond donors (Lipinski definition) is 0. The van der Waals surface area contributed by atoms with Gasteiger partial charge in [0, 0.05) is 11.1 Å². The summed E-state index contributed by atoms with van der Waals surface area (Å²) < 4.78 is 16.5. The van der Waals surface area contributed by atoms with Gasteiger partial charge >= 0.3 is 0 Å². The van der Waals surface area contributed by atoms with Crippen LogP contribution in [-0.4, -0.2) is 54.4 Å². The molecule has 2 saturated heterocycles. The minimum atomic E-state index is 0.140. The van der Waals surface area contributed by atoms with Crippen molar-refractivity contribution in [3.05, 3.63) is 73.1 Å². The third-order valence-corrected chi connectivity index (χ3v) is 6.69. The maximum atomic E-state index is 6.38. The summed E-state index contributed by atoms with van der Waals surface area (Å²) in [4.78, 5) is 0. The van der Waals surface area contributed by atoms with Gasteiger partial charge < -0.3 is 9.47 Å². The zero-order valence-corrected chi connectivity index (χ0v) is 19.0. The van der Waals surface area contributed by atoms with Gasteiger partial charge in [0.1, 0.15) is 11.4 Å². The second kappa shape index (κ2) is 9.48. The first-order chi connectivity index (χ1) is 16.8. The number of nitrogens with zero attached hydrogens (tertiary/aromatic N) is 6. The van der Waals surface area contributed by atoms with Crippen LogP contribution in [0, 0.1) is 0 Å². The van der Waals surface area contributed by atoms with Crippen LogP contribution in [0.3, 0.4) is 0 Å². The molecule has 2 aromatic carbocycles. The highest BCUT2D eigenvalue weighted by Gasteiger charge is 2.37. The fraction of sp³-hybridized carbons (Fsp3) is 0.385. The van der Waals surface area contributed by atoms with Crippen molar-refractivity contribution in [3.63, 3.8) is 0 Å². The molecule has 2 aliphatic heterocycles. The number of hydrogen-bond acceptors (Lipinski definition) is 6. The average Bonchev–Trinajstić information content (AvgIpc) is 3.69. The largest absolute Gasteiger partial charge is 0.370 e. The summed E-state index contributed by atoms with van der Waals surface area (Å²) in [5.41, 5.74) is 3.93. The van der Waals surface area contributed by atoms with Crippen LogP contribution in [0.25, 0.3) is 22.5 Å². The molecule has 4 heterocycles. The Labute approximate surface area is 198 Å². The molecule has 2 fully saturated rings. The smallest absolute Gasteiger partial charge is 0.113 e. The van der Waals surface area contributed by atoms with Crippen LogP contribution in [-0.2, 0) is 22.6 Å². The second-order valence-corrected chi connectivity index (χ2v) is 9.13. The molecular formula is C26H28N6O2. The van der Waals surface area contributed by atoms with Crippen LogP contribution in [0.4, 0.5) is 0 Å². The fourth-order valence-corrected chi connectivity index (χ4v) is 4.96. The van der Waals surface area contributed by atoms with Gasteiger partial charge in [-0.2, -0.15) is 0 Å². The molecule has 0 saturated carbocycles. The summed E-state index contributed by atoms with van der Waals surface area (Å²) in [7, 11) is 0. The number of benzene rings is 2. The van der Waals surface area contributed by atoms with Gasteiger partial charge in [0.25, 0.3) is 0 Å². The minimum Gasteiger partial charge on any atom is -0.370 e. The predicted octanol–water partition coefficient (Wildman–Crippen LogP) is 4.00. The summed E-state index contributed by atoms with van der Waals surface area (Å²) >= 11 is 0. The summed E-state index contributed by atoms with van der Waals surface area (Å²) in [6, 6.07) is 20.3. The molecule has 2 aromatic heterocycles. The molecule has 0 radical (unpaired) electrons. The van der Waals surface area contributed by atoms with E-state index < -0.39 is 0 Å². The Hall–Kier alpha value is -3.36. The predicted molar refractivity (Wildman–Crippen MR) is 127 cm³/mol. The normalized spacial score (nSPS) is 24.6. The van der Waals surface area contributed by atoms with Crippen molar-refractivity contribution >= 4 is 0 Å². The lowest BCUT2D eigenvalue weighted by molar-refractivity contribution is -0.0713. The third-order valence-electron chi connectivity index (χ3n) is 6.69. The summed E-state index contributed by atoms with van der Waals surface area (Å²) in [5, 5.41) is 17.2. The van der Waals surface area contributed by atoms with Crippen LogP contribution in [0.15, 0.2) is 73.1 Å². The summed E-state index contributed by atoms with van der Waals surface area (Å²) in [6.45, 7) is 1.43. The highest BCUT2D eigenvalue weighted by Crippen LogP contribution is 2.32. The SMILES string of the molecule is c1ccc(-c2cn(C[C@H]3CC[C@@H]([C@@H]4CC[C@H](Cn5cc(-c6ccccc6)nn5)O4)O3)nn2)cc1. The van der Waals surface area contributed by atoms with Crippen LogP contribution in [0.2, 0.25) is 0 Å². The van der Waals surface area contributed by atoms with E-state index in [0.717, 1.165) is 48.2 Å². The Balaban J connectivity index is 1.00. The first-order valence-electron chi connectivity index (χ1n) is 12.0. The second-order valence-electron chi connectivity index (χ2n) is 9.13. The molecule has 0 unspecified atom stereocenters. The Kier molecular flexibility index (Phi) is 5.91. The zero-order valence-electron chi connectivity index (χ0n) is 19.0. The van der Waals surface area contributed by atoms with E-state index in [1.807, 2.05) is 82.4 Å². The van der Waals surface area contributed by atoms with Crippen LogP contribution in [0.1, 0.15) is 25.7 Å². The molecule has 0 aliphatic carbocycles. The molecule has 34 heavy (non-hydrogen) atoms. The third kappa shape index (κ3) is 4.64. The van der Waals surface area contributed by atoms with Crippen LogP contribution in [0.5, 0.6) is 0 Å². The van der Waals surface area contributed by atoms with Gasteiger partial charge in [-0.25, -0.2) is 9.36 Å². The Morgan fingerprint density at radius 1 is 0.618 bits per heavy atom. The Morgan fingerprint density at radius 3 is 1.50 bits per heavy atom. The first-order valence-corrected chi connectivity index (χ1v) is 12.0. The highest BCUT2D eigenvalue weighted by atomic mass is 16.6. The van der Waals surface area contributed by atoms with Gasteiger partial charge in [-0.1, -0.05) is 71.1 Å². The maximum absolute atomic E-state index is 6.38. The number of ether oxygens (including phenoxy) is 2. The van der Waals surface area contributed by atoms with E-state index in [9.17, 15) is 0 Å². The van der Waals surface area contributed by atoms with Crippen molar-refractivity contribution in [2.24, 2.45) is 0 Å². The van der Waals surface area contributed by atoms with Crippen molar-refractivity contribution in [3.8, 4) is 22.5 Å². The van der Waals surface area contributed by atoms with Crippen molar-refractivity contribution < 1.29 is 9.47 Å². The lowest BCUT2D eigenvalue weighted by atomic mass is 10.1. The first kappa shape index (κ1) is 21.2. The molecule has 2 aliphatic rings. The van der Waals surface area contributed by atoms with Crippen LogP contribution >= 0.6 is 0 Å². The van der Waals surface area contributed by atoms with Gasteiger partial charge in [-0.15, -0.1) is 10.2 Å². The highest BCUT2D eigenvalue weighted by molar-refractivity contribution is 5.57. The van der Waals surface area contributed by atoms with Gasteiger partial charge in [0.2, 0.25) is 0 Å². The monoisotopic (exact) mass is 456 g/mol. The lowest BCUT2D eigenvalue weighted by Crippen LogP contribution is -2.29. The zero-order chi connectivity index (χ0) is 22.7. The maximum Gasteiger partial charge on any atom is 0.113 e. The standard InChI is InChI=1S/C26H28N6O2/c1-3-7-19(8-4-1)23-17-31(29-27-23)15-21-11-13-25(33-21)26-14-12-22(34-26)16-32-18-24(28-30-32)20-9-5-2-6-10-20/h1-10,17-18,21-22,25-26H,11-16H2/t21-,22-,25+,26+/m1/s1. The van der Waals surface area contributed by atoms with Gasteiger partial charge in [-0.3, -0.25) is 0 Å². The van der Waals surface area contributed by atoms with E-state index in [1.165, 1.54) is 0 Å². The fourth-order valence-electron chi connectivity index (χ4n) is 4.96. The molecule has 4 atom stereocenters. The van der Waals surface area contributed by atoms with E-state index in [0.29, 0.717) is 13.1 Å². The van der Waals surface area contributed by atoms with E-state index in [1.54, 1.807) is 0 Å². The summed E-state index contributed by atoms with van der Waals surface area (Å²) in [6.07, 6.45) is 8.62. The Morgan fingerprint density at radius 2 is 1.06 bits per heavy atom. The molecule has 6 rings (SSSR count). The minimum absolute atomic E-state index is 0.140. The van der Waals surface area contributed by atoms with Gasteiger partial charge in [0.05, 0.1) is 49.9 Å². The van der Waals surface area contributed by atoms with Gasteiger partial charge in [0.15, 0.2) is 0 Å². The molecular weight excluding hydrogens is 428 g/mol. The van der Waals surface area contributed by atoms with E-state index in [-0.39, 0.29) is 24.4 Å². The number of aromatic nitrogens is 6. The quantitative estimate of drug-likeness (QED) is 0.418. The molecule has 0 N–H and O–H groups in total. The lowest BCUT2D eigenvalue weighted by Gasteiger charge is -2.20. The molecule has 0 amide bonds. The van der Waals surface area contributed by atoms with E-state index >= 15 is 0 Å². The molecule has 8 heteroatoms. The van der Waals surface area contributed by atoms with Gasteiger partial charge in [-0.05, 0) is 25.7 Å². The molecule has 0 spiro atoms. The molecule has 0 bridgehead atoms. The van der Waals surface area contributed by atoms with E-state index in [2.05, 4.69) is 20.6 Å². The van der Waals surface area contributed by atoms with Crippen LogP contribution < -0.4 is 0 Å². The average molecular weight is 457 g/mol. The van der Waals surface area contributed by atoms with Crippen molar-refractivity contribution in [1.82, 2.24) is 30.0 Å². The van der Waals surface area contributed by atoms with Crippen molar-refractivity contribution in [2.45, 2.75) is 63.2 Å². The van der Waals surface area contributed by atoms with Crippen molar-refractivity contribution in [1.29, 1.82) is 0 Å². The molecule has 174 valence electrons. The number of rotatable bonds is 7.